The van der Waals surface area contributed by atoms with Gasteiger partial charge in [-0.15, -0.1) is 0 Å². The third kappa shape index (κ3) is 2.85. The number of hydrogen-bond donors (Lipinski definition) is 2. The van der Waals surface area contributed by atoms with Crippen LogP contribution in [0.3, 0.4) is 0 Å². The molecule has 0 saturated carbocycles. The van der Waals surface area contributed by atoms with Crippen molar-refractivity contribution < 1.29 is 9.90 Å². The van der Waals surface area contributed by atoms with Crippen LogP contribution in [0.4, 0.5) is 0 Å². The summed E-state index contributed by atoms with van der Waals surface area (Å²) in [5.74, 6) is -0.129. The van der Waals surface area contributed by atoms with Crippen LogP contribution in [0.2, 0.25) is 0 Å². The van der Waals surface area contributed by atoms with Gasteiger partial charge in [-0.1, -0.05) is 29.8 Å². The number of aryl methyl sites for hydroxylation is 1. The summed E-state index contributed by atoms with van der Waals surface area (Å²) >= 11 is 0. The molecule has 1 aromatic heterocycles. The Balaban J connectivity index is 1.71. The number of amides is 1. The first kappa shape index (κ1) is 14.7. The molecule has 0 unspecified atom stereocenters. The lowest BCUT2D eigenvalue weighted by Gasteiger charge is -2.24. The molecule has 0 atom stereocenters. The smallest absolute Gasteiger partial charge is 0.256 e. The fraction of sp³-hybridized carbons (Fsp3) is 0.353. The number of nitrogens with zero attached hydrogens (tertiary/aromatic N) is 2. The topological polar surface area (TPSA) is 57.5 Å². The second-order valence-electron chi connectivity index (χ2n) is 5.94. The third-order valence-electron chi connectivity index (χ3n) is 4.12. The molecule has 1 amide bonds. The monoisotopic (exact) mass is 299 g/mol. The highest BCUT2D eigenvalue weighted by atomic mass is 16.3. The van der Waals surface area contributed by atoms with E-state index in [-0.39, 0.29) is 11.7 Å². The Morgan fingerprint density at radius 2 is 2.00 bits per heavy atom. The van der Waals surface area contributed by atoms with Gasteiger partial charge in [0, 0.05) is 32.4 Å². The number of carbonyl (C=O) groups excluding carboxylic acids is 1. The molecule has 0 spiro atoms. The van der Waals surface area contributed by atoms with Crippen LogP contribution >= 0.6 is 0 Å². The largest absolute Gasteiger partial charge is 0.505 e. The summed E-state index contributed by atoms with van der Waals surface area (Å²) in [6.45, 7) is 4.87. The highest BCUT2D eigenvalue weighted by Crippen LogP contribution is 2.28. The maximum atomic E-state index is 12.3. The Morgan fingerprint density at radius 3 is 2.73 bits per heavy atom. The summed E-state index contributed by atoms with van der Waals surface area (Å²) in [6.07, 6.45) is 1.75. The summed E-state index contributed by atoms with van der Waals surface area (Å²) in [7, 11) is 2.01. The van der Waals surface area contributed by atoms with Gasteiger partial charge in [0.2, 0.25) is 0 Å². The molecule has 2 aromatic rings. The molecule has 0 fully saturated rings. The Bertz CT molecular complexity index is 689. The zero-order valence-electron chi connectivity index (χ0n) is 13.0. The average Bonchev–Trinajstić information content (AvgIpc) is 2.83. The minimum Gasteiger partial charge on any atom is -0.505 e. The molecule has 1 aliphatic rings. The number of carbonyl (C=O) groups is 1. The molecule has 2 heterocycles. The van der Waals surface area contributed by atoms with Crippen molar-refractivity contribution in [3.05, 3.63) is 52.8 Å². The number of likely N-dealkylation sites (N-methyl/N-ethyl adjacent to an activating group) is 1. The minimum absolute atomic E-state index is 0.105. The van der Waals surface area contributed by atoms with Crippen molar-refractivity contribution >= 4 is 5.91 Å². The fourth-order valence-electron chi connectivity index (χ4n) is 2.71. The number of benzene rings is 1. The Morgan fingerprint density at radius 1 is 1.27 bits per heavy atom. The van der Waals surface area contributed by atoms with Crippen LogP contribution in [-0.2, 0) is 19.6 Å². The first-order valence-corrected chi connectivity index (χ1v) is 7.48. The predicted octanol–water partition coefficient (Wildman–Crippen LogP) is 1.88. The average molecular weight is 299 g/mol. The van der Waals surface area contributed by atoms with Gasteiger partial charge >= 0.3 is 0 Å². The first-order chi connectivity index (χ1) is 10.5. The lowest BCUT2D eigenvalue weighted by Crippen LogP contribution is -2.29. The Kier molecular flexibility index (Phi) is 3.90. The second-order valence-corrected chi connectivity index (χ2v) is 5.94. The molecule has 0 radical (unpaired) electrons. The number of hydrogen-bond acceptors (Lipinski definition) is 3. The molecule has 0 aliphatic carbocycles. The molecule has 5 heteroatoms. The van der Waals surface area contributed by atoms with E-state index in [4.69, 9.17) is 0 Å². The lowest BCUT2D eigenvalue weighted by molar-refractivity contribution is 0.0948. The highest BCUT2D eigenvalue weighted by molar-refractivity contribution is 5.97. The van der Waals surface area contributed by atoms with Crippen LogP contribution in [0.15, 0.2) is 30.5 Å². The van der Waals surface area contributed by atoms with Gasteiger partial charge in [0.1, 0.15) is 0 Å². The molecule has 116 valence electrons. The van der Waals surface area contributed by atoms with Gasteiger partial charge in [0.25, 0.3) is 5.91 Å². The molecule has 5 nitrogen and oxygen atoms in total. The number of aromatic hydroxyl groups is 1. The van der Waals surface area contributed by atoms with Crippen molar-refractivity contribution in [2.75, 3.05) is 13.6 Å². The van der Waals surface area contributed by atoms with Gasteiger partial charge in [0.05, 0.1) is 11.3 Å². The van der Waals surface area contributed by atoms with E-state index in [2.05, 4.69) is 10.2 Å². The van der Waals surface area contributed by atoms with Crippen molar-refractivity contribution in [1.29, 1.82) is 0 Å². The lowest BCUT2D eigenvalue weighted by atomic mass is 10.1. The summed E-state index contributed by atoms with van der Waals surface area (Å²) in [5.41, 5.74) is 3.41. The second kappa shape index (κ2) is 5.85. The van der Waals surface area contributed by atoms with Gasteiger partial charge in [-0.3, -0.25) is 9.69 Å². The van der Waals surface area contributed by atoms with E-state index in [0.29, 0.717) is 18.7 Å². The molecular weight excluding hydrogens is 278 g/mol. The van der Waals surface area contributed by atoms with Crippen LogP contribution in [-0.4, -0.2) is 34.1 Å². The SMILES string of the molecule is Cc1ccc(CNC(=O)c2cn3c(c2O)CN(C)CC3)cc1. The van der Waals surface area contributed by atoms with Gasteiger partial charge in [-0.25, -0.2) is 0 Å². The normalized spacial score (nSPS) is 14.6. The molecule has 22 heavy (non-hydrogen) atoms. The molecule has 1 aliphatic heterocycles. The number of nitrogens with one attached hydrogen (secondary N) is 1. The Hall–Kier alpha value is -2.27. The van der Waals surface area contributed by atoms with Crippen LogP contribution in [0, 0.1) is 6.92 Å². The number of rotatable bonds is 3. The van der Waals surface area contributed by atoms with Crippen molar-refractivity contribution in [1.82, 2.24) is 14.8 Å². The molecule has 0 bridgehead atoms. The standard InChI is InChI=1S/C17H21N3O2/c1-12-3-5-13(6-4-12)9-18-17(22)14-10-20-8-7-19(2)11-15(20)16(14)21/h3-6,10,21H,7-9,11H2,1-2H3,(H,18,22). The quantitative estimate of drug-likeness (QED) is 0.910. The van der Waals surface area contributed by atoms with Crippen molar-refractivity contribution in [2.24, 2.45) is 0 Å². The summed E-state index contributed by atoms with van der Waals surface area (Å²) < 4.78 is 1.97. The van der Waals surface area contributed by atoms with E-state index in [1.165, 1.54) is 5.56 Å². The summed E-state index contributed by atoms with van der Waals surface area (Å²) in [5, 5.41) is 13.2. The van der Waals surface area contributed by atoms with Crippen LogP contribution < -0.4 is 5.32 Å². The molecule has 3 rings (SSSR count). The van der Waals surface area contributed by atoms with Crippen LogP contribution in [0.5, 0.6) is 5.75 Å². The fourth-order valence-corrected chi connectivity index (χ4v) is 2.71. The Labute approximate surface area is 130 Å². The maximum absolute atomic E-state index is 12.3. The number of aromatic nitrogens is 1. The summed E-state index contributed by atoms with van der Waals surface area (Å²) in [4.78, 5) is 14.4. The van der Waals surface area contributed by atoms with E-state index in [1.807, 2.05) is 42.8 Å². The highest BCUT2D eigenvalue weighted by Gasteiger charge is 2.23. The zero-order valence-corrected chi connectivity index (χ0v) is 13.0. The van der Waals surface area contributed by atoms with Gasteiger partial charge in [0.15, 0.2) is 5.75 Å². The molecular formula is C17H21N3O2. The van der Waals surface area contributed by atoms with Crippen LogP contribution in [0.1, 0.15) is 27.2 Å². The summed E-state index contributed by atoms with van der Waals surface area (Å²) in [6, 6.07) is 8.03. The number of fused-ring (bicyclic) bond motifs is 1. The third-order valence-corrected chi connectivity index (χ3v) is 4.12. The minimum atomic E-state index is -0.234. The van der Waals surface area contributed by atoms with Crippen molar-refractivity contribution in [3.8, 4) is 5.75 Å². The van der Waals surface area contributed by atoms with Gasteiger partial charge in [-0.2, -0.15) is 0 Å². The maximum Gasteiger partial charge on any atom is 0.256 e. The van der Waals surface area contributed by atoms with Crippen molar-refractivity contribution in [3.63, 3.8) is 0 Å². The van der Waals surface area contributed by atoms with E-state index in [9.17, 15) is 9.90 Å². The van der Waals surface area contributed by atoms with E-state index in [0.717, 1.165) is 24.3 Å². The van der Waals surface area contributed by atoms with Gasteiger partial charge in [-0.05, 0) is 19.5 Å². The van der Waals surface area contributed by atoms with Crippen LogP contribution in [0.25, 0.3) is 0 Å². The van der Waals surface area contributed by atoms with E-state index >= 15 is 0 Å². The molecule has 0 saturated heterocycles. The predicted molar refractivity (Wildman–Crippen MR) is 84.8 cm³/mol. The first-order valence-electron chi connectivity index (χ1n) is 7.48. The van der Waals surface area contributed by atoms with Gasteiger partial charge < -0.3 is 15.0 Å². The molecule has 1 aromatic carbocycles. The zero-order chi connectivity index (χ0) is 15.7. The van der Waals surface area contributed by atoms with E-state index < -0.39 is 0 Å². The van der Waals surface area contributed by atoms with E-state index in [1.54, 1.807) is 6.20 Å². The molecule has 2 N–H and O–H groups in total. The van der Waals surface area contributed by atoms with Crippen molar-refractivity contribution in [2.45, 2.75) is 26.6 Å².